The van der Waals surface area contributed by atoms with Crippen molar-refractivity contribution in [2.24, 2.45) is 0 Å². The van der Waals surface area contributed by atoms with Crippen LogP contribution in [0.4, 0.5) is 5.82 Å². The molecule has 5 nitrogen and oxygen atoms in total. The lowest BCUT2D eigenvalue weighted by molar-refractivity contribution is 1.01. The standard InChI is InChI=1S/C16H11ClN4OS/c17-11-3-1-2-4-12(11)21-7-10(9-5-6-23-8-9)14-13(16(21)22)15(18)20-19-14/h1-8H,(H3,18,19,20). The number of nitrogens with two attached hydrogens (primary N) is 1. The maximum atomic E-state index is 12.9. The molecule has 3 heterocycles. The summed E-state index contributed by atoms with van der Waals surface area (Å²) in [5.74, 6) is 0.183. The second-order valence-electron chi connectivity index (χ2n) is 5.04. The number of aromatic nitrogens is 3. The maximum Gasteiger partial charge on any atom is 0.268 e. The molecular formula is C16H11ClN4OS. The molecule has 0 amide bonds. The smallest absolute Gasteiger partial charge is 0.268 e. The van der Waals surface area contributed by atoms with Crippen LogP contribution in [0.3, 0.4) is 0 Å². The number of para-hydroxylation sites is 1. The van der Waals surface area contributed by atoms with Crippen LogP contribution in [0.2, 0.25) is 5.02 Å². The molecule has 0 bridgehead atoms. The van der Waals surface area contributed by atoms with Gasteiger partial charge in [0.25, 0.3) is 5.56 Å². The molecule has 0 spiro atoms. The van der Waals surface area contributed by atoms with Gasteiger partial charge in [0, 0.05) is 11.8 Å². The van der Waals surface area contributed by atoms with Gasteiger partial charge in [0.05, 0.1) is 16.2 Å². The van der Waals surface area contributed by atoms with Gasteiger partial charge in [-0.25, -0.2) is 0 Å². The van der Waals surface area contributed by atoms with Gasteiger partial charge >= 0.3 is 0 Å². The lowest BCUT2D eigenvalue weighted by Gasteiger charge is -2.11. The molecule has 114 valence electrons. The molecule has 0 atom stereocenters. The number of nitrogen functional groups attached to an aromatic ring is 1. The molecule has 0 saturated carbocycles. The van der Waals surface area contributed by atoms with E-state index in [4.69, 9.17) is 17.3 Å². The molecule has 1 aromatic carbocycles. The Bertz CT molecular complexity index is 1070. The first-order chi connectivity index (χ1) is 11.2. The quantitative estimate of drug-likeness (QED) is 0.583. The van der Waals surface area contributed by atoms with Crippen LogP contribution in [-0.2, 0) is 0 Å². The van der Waals surface area contributed by atoms with Crippen LogP contribution in [-0.4, -0.2) is 14.8 Å². The molecule has 0 fully saturated rings. The minimum Gasteiger partial charge on any atom is -0.382 e. The predicted octanol–water partition coefficient (Wildman–Crippen LogP) is 3.68. The molecule has 0 unspecified atom stereocenters. The van der Waals surface area contributed by atoms with Crippen molar-refractivity contribution in [1.82, 2.24) is 14.8 Å². The Morgan fingerprint density at radius 2 is 2.09 bits per heavy atom. The Balaban J connectivity index is 2.14. The van der Waals surface area contributed by atoms with E-state index in [0.717, 1.165) is 11.1 Å². The van der Waals surface area contributed by atoms with Gasteiger partial charge in [-0.1, -0.05) is 23.7 Å². The fourth-order valence-corrected chi connectivity index (χ4v) is 3.49. The number of thiophene rings is 1. The number of hydrogen-bond donors (Lipinski definition) is 2. The minimum atomic E-state index is -0.252. The topological polar surface area (TPSA) is 76.7 Å². The van der Waals surface area contributed by atoms with Gasteiger partial charge in [0.1, 0.15) is 5.39 Å². The van der Waals surface area contributed by atoms with E-state index in [0.29, 0.717) is 21.6 Å². The summed E-state index contributed by atoms with van der Waals surface area (Å²) < 4.78 is 1.52. The summed E-state index contributed by atoms with van der Waals surface area (Å²) in [6.45, 7) is 0. The van der Waals surface area contributed by atoms with Crippen LogP contribution in [0.15, 0.2) is 52.1 Å². The maximum absolute atomic E-state index is 12.9. The number of nitrogens with one attached hydrogen (secondary N) is 1. The number of nitrogens with zero attached hydrogens (tertiary/aromatic N) is 2. The summed E-state index contributed by atoms with van der Waals surface area (Å²) in [4.78, 5) is 12.9. The highest BCUT2D eigenvalue weighted by Crippen LogP contribution is 2.30. The van der Waals surface area contributed by atoms with Crippen molar-refractivity contribution < 1.29 is 0 Å². The second kappa shape index (κ2) is 5.26. The molecule has 3 N–H and O–H groups in total. The van der Waals surface area contributed by atoms with Crippen LogP contribution in [0, 0.1) is 0 Å². The second-order valence-corrected chi connectivity index (χ2v) is 6.23. The number of pyridine rings is 1. The summed E-state index contributed by atoms with van der Waals surface area (Å²) in [5, 5.41) is 11.7. The zero-order chi connectivity index (χ0) is 16.0. The fourth-order valence-electron chi connectivity index (χ4n) is 2.60. The normalized spacial score (nSPS) is 11.2. The number of halogens is 1. The molecule has 7 heteroatoms. The first-order valence-electron chi connectivity index (χ1n) is 6.83. The first kappa shape index (κ1) is 14.0. The van der Waals surface area contributed by atoms with Crippen LogP contribution < -0.4 is 11.3 Å². The minimum absolute atomic E-state index is 0.183. The van der Waals surface area contributed by atoms with Crippen LogP contribution >= 0.6 is 22.9 Å². The Hall–Kier alpha value is -2.57. The van der Waals surface area contributed by atoms with E-state index in [-0.39, 0.29) is 11.4 Å². The van der Waals surface area contributed by atoms with Gasteiger partial charge in [-0.2, -0.15) is 16.4 Å². The Morgan fingerprint density at radius 1 is 1.26 bits per heavy atom. The summed E-state index contributed by atoms with van der Waals surface area (Å²) in [7, 11) is 0. The lowest BCUT2D eigenvalue weighted by Crippen LogP contribution is -2.19. The van der Waals surface area contributed by atoms with E-state index in [2.05, 4.69) is 10.2 Å². The van der Waals surface area contributed by atoms with Gasteiger partial charge in [0.2, 0.25) is 0 Å². The summed E-state index contributed by atoms with van der Waals surface area (Å²) >= 11 is 7.84. The Morgan fingerprint density at radius 3 is 2.83 bits per heavy atom. The summed E-state index contributed by atoms with van der Waals surface area (Å²) in [6.07, 6.45) is 1.77. The average Bonchev–Trinajstić information content (AvgIpc) is 3.19. The zero-order valence-corrected chi connectivity index (χ0v) is 13.4. The van der Waals surface area contributed by atoms with Crippen molar-refractivity contribution in [3.8, 4) is 16.8 Å². The Kier molecular flexibility index (Phi) is 3.21. The van der Waals surface area contributed by atoms with Crippen molar-refractivity contribution in [3.05, 3.63) is 62.7 Å². The van der Waals surface area contributed by atoms with Crippen molar-refractivity contribution in [2.45, 2.75) is 0 Å². The summed E-state index contributed by atoms with van der Waals surface area (Å²) in [5.41, 5.74) is 8.73. The highest BCUT2D eigenvalue weighted by molar-refractivity contribution is 7.08. The highest BCUT2D eigenvalue weighted by atomic mass is 35.5. The molecule has 3 aromatic heterocycles. The van der Waals surface area contributed by atoms with Crippen LogP contribution in [0.1, 0.15) is 0 Å². The van der Waals surface area contributed by atoms with Gasteiger partial charge < -0.3 is 5.73 Å². The predicted molar refractivity (Wildman–Crippen MR) is 94.4 cm³/mol. The van der Waals surface area contributed by atoms with Gasteiger partial charge in [0.15, 0.2) is 5.82 Å². The van der Waals surface area contributed by atoms with E-state index >= 15 is 0 Å². The molecular weight excluding hydrogens is 332 g/mol. The molecule has 0 radical (unpaired) electrons. The number of anilines is 1. The zero-order valence-electron chi connectivity index (χ0n) is 11.8. The number of aromatic amines is 1. The van der Waals surface area contributed by atoms with Crippen molar-refractivity contribution in [2.75, 3.05) is 5.73 Å². The Labute approximate surface area is 139 Å². The fraction of sp³-hybridized carbons (Fsp3) is 0. The van der Waals surface area contributed by atoms with Gasteiger partial charge in [-0.05, 0) is 34.5 Å². The number of H-pyrrole nitrogens is 1. The monoisotopic (exact) mass is 342 g/mol. The van der Waals surface area contributed by atoms with Crippen molar-refractivity contribution >= 4 is 39.7 Å². The first-order valence-corrected chi connectivity index (χ1v) is 8.15. The largest absolute Gasteiger partial charge is 0.382 e. The van der Waals surface area contributed by atoms with Gasteiger partial charge in [-0.3, -0.25) is 14.5 Å². The van der Waals surface area contributed by atoms with Crippen molar-refractivity contribution in [3.63, 3.8) is 0 Å². The summed E-state index contributed by atoms with van der Waals surface area (Å²) in [6, 6.07) is 9.18. The van der Waals surface area contributed by atoms with E-state index in [9.17, 15) is 4.79 Å². The van der Waals surface area contributed by atoms with Crippen LogP contribution in [0.25, 0.3) is 27.7 Å². The van der Waals surface area contributed by atoms with E-state index in [1.807, 2.05) is 29.0 Å². The van der Waals surface area contributed by atoms with E-state index in [1.54, 1.807) is 29.7 Å². The molecule has 0 aliphatic rings. The van der Waals surface area contributed by atoms with Crippen LogP contribution in [0.5, 0.6) is 0 Å². The van der Waals surface area contributed by atoms with E-state index < -0.39 is 0 Å². The number of hydrogen-bond acceptors (Lipinski definition) is 4. The molecule has 4 aromatic rings. The third kappa shape index (κ3) is 2.15. The molecule has 0 saturated heterocycles. The number of benzene rings is 1. The van der Waals surface area contributed by atoms with Crippen molar-refractivity contribution in [1.29, 1.82) is 0 Å². The third-order valence-electron chi connectivity index (χ3n) is 3.70. The third-order valence-corrected chi connectivity index (χ3v) is 4.70. The van der Waals surface area contributed by atoms with Gasteiger partial charge in [-0.15, -0.1) is 0 Å². The highest BCUT2D eigenvalue weighted by Gasteiger charge is 2.17. The molecule has 23 heavy (non-hydrogen) atoms. The van der Waals surface area contributed by atoms with E-state index in [1.165, 1.54) is 4.57 Å². The molecule has 4 rings (SSSR count). The SMILES string of the molecule is Nc1n[nH]c2c(-c3ccsc3)cn(-c3ccccc3Cl)c(=O)c12. The number of rotatable bonds is 2. The average molecular weight is 343 g/mol. The molecule has 0 aliphatic carbocycles. The molecule has 0 aliphatic heterocycles. The lowest BCUT2D eigenvalue weighted by atomic mass is 10.1. The number of fused-ring (bicyclic) bond motifs is 1.